The van der Waals surface area contributed by atoms with E-state index < -0.39 is 0 Å². The minimum Gasteiger partial charge on any atom is -0.493 e. The first-order chi connectivity index (χ1) is 14.0. The summed E-state index contributed by atoms with van der Waals surface area (Å²) in [6.07, 6.45) is 0. The SMILES string of the molecule is COc1cc(/C(C)=N/N=C(/N)c2nonc2N)ccc1OCc1ccccc1Cl. The third-order valence-corrected chi connectivity index (χ3v) is 4.36. The van der Waals surface area contributed by atoms with Crippen molar-refractivity contribution in [2.45, 2.75) is 13.5 Å². The number of ether oxygens (including phenoxy) is 2. The van der Waals surface area contributed by atoms with Crippen molar-refractivity contribution in [1.82, 2.24) is 10.3 Å². The standard InChI is InChI=1S/C19H19ClN6O3/c1-11(23-24-18(21)17-19(22)26-29-25-17)12-7-8-15(16(9-12)27-2)28-10-13-5-3-4-6-14(13)20/h3-9H,10H2,1-2H3,(H2,21,24)(H2,22,26)/b23-11+. The van der Waals surface area contributed by atoms with Crippen LogP contribution in [0.25, 0.3) is 0 Å². The normalized spacial score (nSPS) is 12.1. The Labute approximate surface area is 171 Å². The number of benzene rings is 2. The van der Waals surface area contributed by atoms with Crippen LogP contribution in [0.5, 0.6) is 11.5 Å². The van der Waals surface area contributed by atoms with Crippen molar-refractivity contribution in [1.29, 1.82) is 0 Å². The van der Waals surface area contributed by atoms with Gasteiger partial charge in [-0.2, -0.15) is 5.10 Å². The fraction of sp³-hybridized carbons (Fsp3) is 0.158. The van der Waals surface area contributed by atoms with E-state index in [4.69, 9.17) is 32.5 Å². The van der Waals surface area contributed by atoms with Crippen LogP contribution < -0.4 is 20.9 Å². The number of nitrogens with zero attached hydrogens (tertiary/aromatic N) is 4. The first-order valence-electron chi connectivity index (χ1n) is 8.50. The number of nitrogen functional groups attached to an aromatic ring is 1. The molecule has 10 heteroatoms. The molecule has 0 saturated heterocycles. The van der Waals surface area contributed by atoms with Gasteiger partial charge in [0, 0.05) is 16.1 Å². The molecule has 2 aromatic carbocycles. The van der Waals surface area contributed by atoms with Gasteiger partial charge in [0.2, 0.25) is 0 Å². The van der Waals surface area contributed by atoms with Crippen molar-refractivity contribution in [2.75, 3.05) is 12.8 Å². The van der Waals surface area contributed by atoms with Crippen molar-refractivity contribution in [3.05, 3.63) is 64.3 Å². The number of amidine groups is 1. The van der Waals surface area contributed by atoms with E-state index in [1.54, 1.807) is 26.2 Å². The average molecular weight is 415 g/mol. The largest absolute Gasteiger partial charge is 0.493 e. The molecule has 0 saturated carbocycles. The number of hydrogen-bond acceptors (Lipinski definition) is 8. The molecule has 3 rings (SSSR count). The van der Waals surface area contributed by atoms with E-state index in [-0.39, 0.29) is 17.3 Å². The zero-order chi connectivity index (χ0) is 20.8. The molecule has 1 aromatic heterocycles. The molecule has 0 atom stereocenters. The predicted octanol–water partition coefficient (Wildman–Crippen LogP) is 3.02. The van der Waals surface area contributed by atoms with Crippen molar-refractivity contribution in [2.24, 2.45) is 15.9 Å². The molecule has 29 heavy (non-hydrogen) atoms. The number of halogens is 1. The third kappa shape index (κ3) is 4.82. The smallest absolute Gasteiger partial charge is 0.199 e. The summed E-state index contributed by atoms with van der Waals surface area (Å²) in [7, 11) is 1.56. The number of hydrogen-bond donors (Lipinski definition) is 2. The second kappa shape index (κ2) is 9.07. The van der Waals surface area contributed by atoms with Crippen LogP contribution in [0.3, 0.4) is 0 Å². The van der Waals surface area contributed by atoms with Crippen LogP contribution in [0.1, 0.15) is 23.7 Å². The topological polar surface area (TPSA) is 134 Å². The van der Waals surface area contributed by atoms with Gasteiger partial charge in [0.15, 0.2) is 28.8 Å². The van der Waals surface area contributed by atoms with E-state index >= 15 is 0 Å². The summed E-state index contributed by atoms with van der Waals surface area (Å²) in [5.74, 6) is 1.16. The fourth-order valence-corrected chi connectivity index (χ4v) is 2.58. The Kier molecular flexibility index (Phi) is 6.30. The van der Waals surface area contributed by atoms with E-state index in [0.717, 1.165) is 11.1 Å². The minimum absolute atomic E-state index is 0.00485. The molecule has 0 bridgehead atoms. The molecule has 3 aromatic rings. The molecule has 0 amide bonds. The van der Waals surface area contributed by atoms with Gasteiger partial charge < -0.3 is 20.9 Å². The van der Waals surface area contributed by atoms with Gasteiger partial charge in [0.05, 0.1) is 12.8 Å². The molecule has 9 nitrogen and oxygen atoms in total. The van der Waals surface area contributed by atoms with Gasteiger partial charge in [-0.3, -0.25) is 0 Å². The number of nitrogens with two attached hydrogens (primary N) is 2. The molecular formula is C19H19ClN6O3. The molecule has 0 aliphatic heterocycles. The summed E-state index contributed by atoms with van der Waals surface area (Å²) in [6, 6.07) is 12.9. The lowest BCUT2D eigenvalue weighted by atomic mass is 10.1. The van der Waals surface area contributed by atoms with Crippen LogP contribution in [0, 0.1) is 0 Å². The fourth-order valence-electron chi connectivity index (χ4n) is 2.39. The predicted molar refractivity (Wildman–Crippen MR) is 110 cm³/mol. The lowest BCUT2D eigenvalue weighted by molar-refractivity contribution is 0.284. The van der Waals surface area contributed by atoms with Gasteiger partial charge in [0.25, 0.3) is 0 Å². The highest BCUT2D eigenvalue weighted by Crippen LogP contribution is 2.30. The van der Waals surface area contributed by atoms with E-state index in [1.807, 2.05) is 30.3 Å². The first kappa shape index (κ1) is 20.2. The third-order valence-electron chi connectivity index (χ3n) is 3.99. The maximum absolute atomic E-state index is 6.17. The Morgan fingerprint density at radius 3 is 2.62 bits per heavy atom. The van der Waals surface area contributed by atoms with Gasteiger partial charge >= 0.3 is 0 Å². The highest BCUT2D eigenvalue weighted by atomic mass is 35.5. The summed E-state index contributed by atoms with van der Waals surface area (Å²) in [5, 5.41) is 15.7. The number of methoxy groups -OCH3 is 1. The summed E-state index contributed by atoms with van der Waals surface area (Å²) in [4.78, 5) is 0. The molecule has 0 unspecified atom stereocenters. The van der Waals surface area contributed by atoms with E-state index in [2.05, 4.69) is 25.1 Å². The van der Waals surface area contributed by atoms with Crippen LogP contribution >= 0.6 is 11.6 Å². The Balaban J connectivity index is 1.77. The highest BCUT2D eigenvalue weighted by molar-refractivity contribution is 6.31. The summed E-state index contributed by atoms with van der Waals surface area (Å²) in [5.41, 5.74) is 13.8. The average Bonchev–Trinajstić information content (AvgIpc) is 3.17. The van der Waals surface area contributed by atoms with Gasteiger partial charge in [-0.05, 0) is 41.5 Å². The number of aromatic nitrogens is 2. The highest BCUT2D eigenvalue weighted by Gasteiger charge is 2.11. The molecule has 0 aliphatic rings. The quantitative estimate of drug-likeness (QED) is 0.344. The molecule has 0 radical (unpaired) electrons. The Hall–Kier alpha value is -3.59. The van der Waals surface area contributed by atoms with E-state index in [9.17, 15) is 0 Å². The second-order valence-electron chi connectivity index (χ2n) is 5.91. The Morgan fingerprint density at radius 2 is 1.93 bits per heavy atom. The lowest BCUT2D eigenvalue weighted by Gasteiger charge is -2.12. The molecule has 0 aliphatic carbocycles. The Morgan fingerprint density at radius 1 is 1.14 bits per heavy atom. The molecular weight excluding hydrogens is 396 g/mol. The summed E-state index contributed by atoms with van der Waals surface area (Å²) < 4.78 is 15.8. The minimum atomic E-state index is -0.00485. The van der Waals surface area contributed by atoms with E-state index in [0.29, 0.717) is 28.8 Å². The van der Waals surface area contributed by atoms with Crippen LogP contribution in [0.4, 0.5) is 5.82 Å². The first-order valence-corrected chi connectivity index (χ1v) is 8.88. The van der Waals surface area contributed by atoms with Crippen LogP contribution in [0.15, 0.2) is 57.3 Å². The molecule has 150 valence electrons. The van der Waals surface area contributed by atoms with Gasteiger partial charge in [-0.1, -0.05) is 29.8 Å². The second-order valence-corrected chi connectivity index (χ2v) is 6.32. The zero-order valence-electron chi connectivity index (χ0n) is 15.8. The maximum Gasteiger partial charge on any atom is 0.199 e. The van der Waals surface area contributed by atoms with Gasteiger partial charge in [-0.15, -0.1) is 5.10 Å². The van der Waals surface area contributed by atoms with Crippen LogP contribution in [-0.2, 0) is 6.61 Å². The van der Waals surface area contributed by atoms with Crippen LogP contribution in [-0.4, -0.2) is 29.0 Å². The monoisotopic (exact) mass is 414 g/mol. The molecule has 4 N–H and O–H groups in total. The summed E-state index contributed by atoms with van der Waals surface area (Å²) >= 11 is 6.17. The van der Waals surface area contributed by atoms with Crippen LogP contribution in [0.2, 0.25) is 5.02 Å². The molecule has 1 heterocycles. The number of anilines is 1. The van der Waals surface area contributed by atoms with Crippen molar-refractivity contribution >= 4 is 29.0 Å². The van der Waals surface area contributed by atoms with E-state index in [1.165, 1.54) is 0 Å². The van der Waals surface area contributed by atoms with Crippen molar-refractivity contribution in [3.8, 4) is 11.5 Å². The van der Waals surface area contributed by atoms with Crippen molar-refractivity contribution in [3.63, 3.8) is 0 Å². The maximum atomic E-state index is 6.17. The van der Waals surface area contributed by atoms with Crippen molar-refractivity contribution < 1.29 is 14.1 Å². The zero-order valence-corrected chi connectivity index (χ0v) is 16.6. The van der Waals surface area contributed by atoms with Gasteiger partial charge in [0.1, 0.15) is 6.61 Å². The van der Waals surface area contributed by atoms with Gasteiger partial charge in [-0.25, -0.2) is 4.63 Å². The lowest BCUT2D eigenvalue weighted by Crippen LogP contribution is -2.15. The molecule has 0 spiro atoms. The molecule has 0 fully saturated rings. The summed E-state index contributed by atoms with van der Waals surface area (Å²) in [6.45, 7) is 2.09. The number of rotatable bonds is 7. The Bertz CT molecular complexity index is 1060.